The van der Waals surface area contributed by atoms with Crippen LogP contribution in [0.2, 0.25) is 0 Å². The number of rotatable bonds is 2. The van der Waals surface area contributed by atoms with Crippen LogP contribution >= 0.6 is 0 Å². The Morgan fingerprint density at radius 1 is 1.39 bits per heavy atom. The molecule has 0 saturated heterocycles. The minimum absolute atomic E-state index is 0.0564. The fourth-order valence-corrected chi connectivity index (χ4v) is 3.16. The Hall–Kier alpha value is -0.800. The summed E-state index contributed by atoms with van der Waals surface area (Å²) in [5.74, 6) is 0.757. The number of fused-ring (bicyclic) bond motifs is 1. The first-order chi connectivity index (χ1) is 8.25. The van der Waals surface area contributed by atoms with Gasteiger partial charge < -0.3 is 14.9 Å². The molecule has 1 aliphatic heterocycles. The summed E-state index contributed by atoms with van der Waals surface area (Å²) in [4.78, 5) is 0. The van der Waals surface area contributed by atoms with Crippen LogP contribution < -0.4 is 0 Å². The van der Waals surface area contributed by atoms with E-state index in [-0.39, 0.29) is 5.41 Å². The van der Waals surface area contributed by atoms with Crippen LogP contribution in [0.25, 0.3) is 0 Å². The molecule has 0 aromatic rings. The molecule has 0 spiro atoms. The molecule has 1 fully saturated rings. The second kappa shape index (κ2) is 4.39. The Morgan fingerprint density at radius 3 is 2.67 bits per heavy atom. The zero-order chi connectivity index (χ0) is 13.6. The fraction of sp³-hybridized carbons (Fsp3) is 0.733. The van der Waals surface area contributed by atoms with Crippen molar-refractivity contribution < 1.29 is 14.9 Å². The highest BCUT2D eigenvalue weighted by Crippen LogP contribution is 2.50. The van der Waals surface area contributed by atoms with Gasteiger partial charge in [-0.2, -0.15) is 0 Å². The standard InChI is InChI=1S/C15H24O3/c1-10(16)9-11-5-6-12-14(2,3)8-7-13(17)15(12,4)18-11/h5-6,10,13,16-17H,7-9H2,1-4H3/t10?,13?,15-/m1/s1. The third kappa shape index (κ3) is 2.21. The molecule has 0 bridgehead atoms. The van der Waals surface area contributed by atoms with Gasteiger partial charge in [0.1, 0.15) is 0 Å². The second-order valence-electron chi connectivity index (χ2n) is 6.41. The maximum absolute atomic E-state index is 10.3. The summed E-state index contributed by atoms with van der Waals surface area (Å²) in [7, 11) is 0. The number of aliphatic hydroxyl groups is 2. The molecule has 3 heteroatoms. The van der Waals surface area contributed by atoms with Crippen LogP contribution in [-0.2, 0) is 4.74 Å². The zero-order valence-corrected chi connectivity index (χ0v) is 11.7. The number of hydrogen-bond donors (Lipinski definition) is 2. The predicted molar refractivity (Wildman–Crippen MR) is 71.0 cm³/mol. The molecule has 1 aliphatic carbocycles. The Morgan fingerprint density at radius 2 is 2.06 bits per heavy atom. The number of allylic oxidation sites excluding steroid dienone is 2. The zero-order valence-electron chi connectivity index (χ0n) is 11.7. The molecule has 2 rings (SSSR count). The predicted octanol–water partition coefficient (Wildman–Crippen LogP) is 2.54. The van der Waals surface area contributed by atoms with Gasteiger partial charge in [-0.3, -0.25) is 0 Å². The molecule has 2 unspecified atom stereocenters. The van der Waals surface area contributed by atoms with E-state index in [0.717, 1.165) is 24.2 Å². The molecular formula is C15H24O3. The molecule has 2 aliphatic rings. The van der Waals surface area contributed by atoms with Crippen molar-refractivity contribution in [1.29, 1.82) is 0 Å². The van der Waals surface area contributed by atoms with Crippen LogP contribution in [0.1, 0.15) is 47.0 Å². The van der Waals surface area contributed by atoms with Gasteiger partial charge in [0.05, 0.1) is 18.0 Å². The molecule has 0 radical (unpaired) electrons. The molecule has 0 aromatic carbocycles. The quantitative estimate of drug-likeness (QED) is 0.794. The number of aliphatic hydroxyl groups excluding tert-OH is 2. The van der Waals surface area contributed by atoms with Crippen molar-refractivity contribution >= 4 is 0 Å². The second-order valence-corrected chi connectivity index (χ2v) is 6.41. The van der Waals surface area contributed by atoms with Gasteiger partial charge >= 0.3 is 0 Å². The van der Waals surface area contributed by atoms with Crippen molar-refractivity contribution in [2.75, 3.05) is 0 Å². The third-order valence-corrected chi connectivity index (χ3v) is 4.22. The topological polar surface area (TPSA) is 49.7 Å². The summed E-state index contributed by atoms with van der Waals surface area (Å²) >= 11 is 0. The van der Waals surface area contributed by atoms with E-state index in [2.05, 4.69) is 19.9 Å². The molecule has 3 nitrogen and oxygen atoms in total. The highest BCUT2D eigenvalue weighted by atomic mass is 16.5. The van der Waals surface area contributed by atoms with Crippen molar-refractivity contribution in [3.05, 3.63) is 23.5 Å². The molecular weight excluding hydrogens is 228 g/mol. The average Bonchev–Trinajstić information content (AvgIpc) is 2.23. The maximum Gasteiger partial charge on any atom is 0.153 e. The number of hydrogen-bond acceptors (Lipinski definition) is 3. The Kier molecular flexibility index (Phi) is 3.32. The highest BCUT2D eigenvalue weighted by Gasteiger charge is 2.50. The summed E-state index contributed by atoms with van der Waals surface area (Å²) in [6, 6.07) is 0. The first-order valence-corrected chi connectivity index (χ1v) is 6.72. The monoisotopic (exact) mass is 252 g/mol. The van der Waals surface area contributed by atoms with E-state index in [1.807, 2.05) is 13.0 Å². The van der Waals surface area contributed by atoms with Gasteiger partial charge in [-0.05, 0) is 43.8 Å². The van der Waals surface area contributed by atoms with Gasteiger partial charge in [-0.1, -0.05) is 19.9 Å². The van der Waals surface area contributed by atoms with Gasteiger partial charge in [0.15, 0.2) is 5.60 Å². The van der Waals surface area contributed by atoms with E-state index < -0.39 is 17.8 Å². The molecule has 18 heavy (non-hydrogen) atoms. The summed E-state index contributed by atoms with van der Waals surface area (Å²) in [5, 5.41) is 19.7. The van der Waals surface area contributed by atoms with Crippen LogP contribution in [0.15, 0.2) is 23.5 Å². The van der Waals surface area contributed by atoms with E-state index in [1.54, 1.807) is 6.92 Å². The van der Waals surface area contributed by atoms with Crippen molar-refractivity contribution in [2.45, 2.75) is 64.8 Å². The summed E-state index contributed by atoms with van der Waals surface area (Å²) in [6.07, 6.45) is 5.32. The van der Waals surface area contributed by atoms with E-state index in [0.29, 0.717) is 6.42 Å². The first-order valence-electron chi connectivity index (χ1n) is 6.72. The van der Waals surface area contributed by atoms with Gasteiger partial charge in [0.25, 0.3) is 0 Å². The SMILES string of the molecule is CC(O)CC1=CC=C2C(C)(C)CCC(O)[C@]2(C)O1. The average molecular weight is 252 g/mol. The van der Waals surface area contributed by atoms with Crippen molar-refractivity contribution in [3.63, 3.8) is 0 Å². The first kappa shape index (κ1) is 13.6. The molecule has 1 heterocycles. The van der Waals surface area contributed by atoms with Crippen LogP contribution in [0.5, 0.6) is 0 Å². The van der Waals surface area contributed by atoms with E-state index in [4.69, 9.17) is 4.74 Å². The Labute approximate surface area is 109 Å². The molecule has 1 saturated carbocycles. The largest absolute Gasteiger partial charge is 0.485 e. The van der Waals surface area contributed by atoms with Crippen molar-refractivity contribution in [1.82, 2.24) is 0 Å². The molecule has 0 aromatic heterocycles. The normalized spacial score (nSPS) is 36.0. The third-order valence-electron chi connectivity index (χ3n) is 4.22. The van der Waals surface area contributed by atoms with Gasteiger partial charge in [0.2, 0.25) is 0 Å². The Balaban J connectivity index is 2.34. The van der Waals surface area contributed by atoms with E-state index in [1.165, 1.54) is 0 Å². The van der Waals surface area contributed by atoms with E-state index >= 15 is 0 Å². The molecule has 102 valence electrons. The lowest BCUT2D eigenvalue weighted by Gasteiger charge is -2.50. The van der Waals surface area contributed by atoms with Crippen LogP contribution in [0.4, 0.5) is 0 Å². The summed E-state index contributed by atoms with van der Waals surface area (Å²) in [5.41, 5.74) is 0.574. The van der Waals surface area contributed by atoms with Crippen molar-refractivity contribution in [2.24, 2.45) is 5.41 Å². The minimum atomic E-state index is -0.638. The van der Waals surface area contributed by atoms with Gasteiger partial charge in [-0.15, -0.1) is 0 Å². The lowest BCUT2D eigenvalue weighted by atomic mass is 9.64. The van der Waals surface area contributed by atoms with Crippen LogP contribution in [0.3, 0.4) is 0 Å². The lowest BCUT2D eigenvalue weighted by molar-refractivity contribution is -0.0969. The van der Waals surface area contributed by atoms with Crippen molar-refractivity contribution in [3.8, 4) is 0 Å². The Bertz CT molecular complexity index is 393. The summed E-state index contributed by atoms with van der Waals surface area (Å²) < 4.78 is 6.02. The van der Waals surface area contributed by atoms with E-state index in [9.17, 15) is 10.2 Å². The highest BCUT2D eigenvalue weighted by molar-refractivity contribution is 5.36. The van der Waals surface area contributed by atoms with Gasteiger partial charge in [-0.25, -0.2) is 0 Å². The molecule has 0 amide bonds. The minimum Gasteiger partial charge on any atom is -0.485 e. The van der Waals surface area contributed by atoms with Gasteiger partial charge in [0, 0.05) is 6.42 Å². The van der Waals surface area contributed by atoms with Crippen LogP contribution in [-0.4, -0.2) is 28.0 Å². The molecule has 3 atom stereocenters. The maximum atomic E-state index is 10.3. The fourth-order valence-electron chi connectivity index (χ4n) is 3.16. The van der Waals surface area contributed by atoms with Crippen LogP contribution in [0, 0.1) is 5.41 Å². The smallest absolute Gasteiger partial charge is 0.153 e. The molecule has 2 N–H and O–H groups in total. The lowest BCUT2D eigenvalue weighted by Crippen LogP contribution is -2.52. The summed E-state index contributed by atoms with van der Waals surface area (Å²) in [6.45, 7) is 8.09. The number of ether oxygens (including phenoxy) is 1.